The van der Waals surface area contributed by atoms with Gasteiger partial charge in [-0.05, 0) is 68.3 Å². The van der Waals surface area contributed by atoms with Gasteiger partial charge in [0, 0.05) is 19.0 Å². The van der Waals surface area contributed by atoms with Gasteiger partial charge >= 0.3 is 0 Å². The Morgan fingerprint density at radius 1 is 0.773 bits per heavy atom. The van der Waals surface area contributed by atoms with E-state index in [1.165, 1.54) is 4.90 Å². The van der Waals surface area contributed by atoms with Crippen LogP contribution in [0.15, 0.2) is 109 Å². The molecule has 0 bridgehead atoms. The summed E-state index contributed by atoms with van der Waals surface area (Å²) < 4.78 is 33.0. The van der Waals surface area contributed by atoms with E-state index in [0.717, 1.165) is 27.3 Å². The predicted octanol–water partition coefficient (Wildman–Crippen LogP) is 5.72. The minimum absolute atomic E-state index is 0.129. The third kappa shape index (κ3) is 9.18. The summed E-state index contributed by atoms with van der Waals surface area (Å²) in [5.41, 5.74) is 3.08. The number of para-hydroxylation sites is 1. The summed E-state index contributed by atoms with van der Waals surface area (Å²) in [6.07, 6.45) is 1.33. The van der Waals surface area contributed by atoms with Gasteiger partial charge in [-0.2, -0.15) is 0 Å². The van der Waals surface area contributed by atoms with Crippen molar-refractivity contribution in [3.8, 4) is 11.5 Å². The van der Waals surface area contributed by atoms with E-state index in [9.17, 15) is 18.0 Å². The highest BCUT2D eigenvalue weighted by Crippen LogP contribution is 2.26. The van der Waals surface area contributed by atoms with Crippen molar-refractivity contribution in [2.24, 2.45) is 0 Å². The van der Waals surface area contributed by atoms with Crippen molar-refractivity contribution in [2.75, 3.05) is 17.1 Å². The highest BCUT2D eigenvalue weighted by Gasteiger charge is 2.33. The quantitative estimate of drug-likeness (QED) is 0.208. The lowest BCUT2D eigenvalue weighted by Gasteiger charge is -2.34. The fourth-order valence-electron chi connectivity index (χ4n) is 4.74. The van der Waals surface area contributed by atoms with E-state index in [1.54, 1.807) is 24.3 Å². The van der Waals surface area contributed by atoms with Crippen LogP contribution in [0.25, 0.3) is 0 Å². The molecular weight excluding hydrogens is 574 g/mol. The summed E-state index contributed by atoms with van der Waals surface area (Å²) in [6.45, 7) is 5.34. The second kappa shape index (κ2) is 14.7. The number of benzene rings is 4. The first-order valence-corrected chi connectivity index (χ1v) is 16.3. The van der Waals surface area contributed by atoms with Crippen molar-refractivity contribution in [3.63, 3.8) is 0 Å². The molecule has 230 valence electrons. The Morgan fingerprint density at radius 3 is 1.91 bits per heavy atom. The monoisotopic (exact) mass is 613 g/mol. The van der Waals surface area contributed by atoms with Crippen LogP contribution in [0.1, 0.15) is 30.5 Å². The number of amides is 2. The van der Waals surface area contributed by atoms with Crippen LogP contribution in [0.5, 0.6) is 11.5 Å². The molecule has 0 radical (unpaired) electrons. The van der Waals surface area contributed by atoms with Gasteiger partial charge in [0.1, 0.15) is 24.1 Å². The van der Waals surface area contributed by atoms with Gasteiger partial charge in [0.2, 0.25) is 21.8 Å². The fourth-order valence-corrected chi connectivity index (χ4v) is 5.59. The number of ether oxygens (including phenoxy) is 1. The fraction of sp³-hybridized carbons (Fsp3) is 0.257. The van der Waals surface area contributed by atoms with Gasteiger partial charge < -0.3 is 15.0 Å². The van der Waals surface area contributed by atoms with Crippen molar-refractivity contribution < 1.29 is 22.7 Å². The summed E-state index contributed by atoms with van der Waals surface area (Å²) >= 11 is 0. The molecule has 0 fully saturated rings. The molecule has 0 aliphatic carbocycles. The predicted molar refractivity (Wildman–Crippen MR) is 174 cm³/mol. The molecule has 0 aromatic heterocycles. The molecule has 0 unspecified atom stereocenters. The number of nitrogens with one attached hydrogen (secondary N) is 1. The van der Waals surface area contributed by atoms with Crippen LogP contribution in [-0.2, 0) is 32.6 Å². The first-order valence-electron chi connectivity index (χ1n) is 14.5. The van der Waals surface area contributed by atoms with Gasteiger partial charge in [-0.1, -0.05) is 78.4 Å². The Morgan fingerprint density at radius 2 is 1.34 bits per heavy atom. The maximum atomic E-state index is 14.2. The molecule has 0 aliphatic heterocycles. The SMILES string of the molecule is Cc1ccc(CN(C(=O)CN(c2ccc(Oc3ccccc3)cc2)S(C)(=O)=O)[C@@H](Cc2ccccc2)C(=O)NC(C)C)cc1. The van der Waals surface area contributed by atoms with Crippen LogP contribution in [-0.4, -0.2) is 50.0 Å². The Balaban J connectivity index is 1.67. The summed E-state index contributed by atoms with van der Waals surface area (Å²) in [7, 11) is -3.88. The Hall–Kier alpha value is -4.63. The van der Waals surface area contributed by atoms with Gasteiger partial charge in [0.15, 0.2) is 0 Å². The Labute approximate surface area is 260 Å². The number of sulfonamides is 1. The average molecular weight is 614 g/mol. The topological polar surface area (TPSA) is 96.0 Å². The zero-order valence-electron chi connectivity index (χ0n) is 25.5. The van der Waals surface area contributed by atoms with Gasteiger partial charge in [-0.25, -0.2) is 8.42 Å². The first-order chi connectivity index (χ1) is 21.0. The van der Waals surface area contributed by atoms with Gasteiger partial charge in [0.05, 0.1) is 11.9 Å². The first kappa shape index (κ1) is 32.3. The van der Waals surface area contributed by atoms with E-state index < -0.39 is 28.5 Å². The molecule has 1 atom stereocenters. The second-order valence-electron chi connectivity index (χ2n) is 11.1. The maximum absolute atomic E-state index is 14.2. The number of hydrogen-bond acceptors (Lipinski definition) is 5. The molecule has 0 aliphatic rings. The molecule has 0 spiro atoms. The van der Waals surface area contributed by atoms with Crippen LogP contribution in [0, 0.1) is 6.92 Å². The summed E-state index contributed by atoms with van der Waals surface area (Å²) in [4.78, 5) is 29.3. The lowest BCUT2D eigenvalue weighted by molar-refractivity contribution is -0.140. The molecule has 2 amide bonds. The smallest absolute Gasteiger partial charge is 0.244 e. The van der Waals surface area contributed by atoms with E-state index >= 15 is 0 Å². The minimum atomic E-state index is -3.88. The Kier molecular flexibility index (Phi) is 10.8. The van der Waals surface area contributed by atoms with Crippen molar-refractivity contribution in [1.82, 2.24) is 10.2 Å². The molecule has 4 aromatic rings. The molecular formula is C35H39N3O5S. The number of aryl methyl sites for hydroxylation is 1. The van der Waals surface area contributed by atoms with Crippen LogP contribution < -0.4 is 14.4 Å². The second-order valence-corrected chi connectivity index (χ2v) is 13.0. The zero-order valence-corrected chi connectivity index (χ0v) is 26.3. The van der Waals surface area contributed by atoms with Crippen LogP contribution >= 0.6 is 0 Å². The Bertz CT molecular complexity index is 1630. The van der Waals surface area contributed by atoms with Crippen LogP contribution in [0.2, 0.25) is 0 Å². The highest BCUT2D eigenvalue weighted by molar-refractivity contribution is 7.92. The number of carbonyl (C=O) groups excluding carboxylic acids is 2. The van der Waals surface area contributed by atoms with E-state index in [2.05, 4.69) is 5.32 Å². The van der Waals surface area contributed by atoms with Crippen molar-refractivity contribution in [1.29, 1.82) is 0 Å². The van der Waals surface area contributed by atoms with Gasteiger partial charge in [0.25, 0.3) is 0 Å². The number of anilines is 1. The largest absolute Gasteiger partial charge is 0.457 e. The molecule has 0 heterocycles. The van der Waals surface area contributed by atoms with E-state index in [4.69, 9.17) is 4.74 Å². The summed E-state index contributed by atoms with van der Waals surface area (Å²) in [5, 5.41) is 2.96. The van der Waals surface area contributed by atoms with Gasteiger partial charge in [-0.15, -0.1) is 0 Å². The van der Waals surface area contributed by atoms with Crippen molar-refractivity contribution >= 4 is 27.5 Å². The lowest BCUT2D eigenvalue weighted by atomic mass is 10.0. The number of carbonyl (C=O) groups is 2. The van der Waals surface area contributed by atoms with E-state index in [-0.39, 0.29) is 24.9 Å². The number of nitrogens with zero attached hydrogens (tertiary/aromatic N) is 2. The molecule has 9 heteroatoms. The zero-order chi connectivity index (χ0) is 31.7. The van der Waals surface area contributed by atoms with Crippen LogP contribution in [0.3, 0.4) is 0 Å². The van der Waals surface area contributed by atoms with E-state index in [1.807, 2.05) is 106 Å². The summed E-state index contributed by atoms with van der Waals surface area (Å²) in [5.74, 6) is 0.360. The normalized spacial score (nSPS) is 11.9. The number of hydrogen-bond donors (Lipinski definition) is 1. The van der Waals surface area contributed by atoms with Crippen molar-refractivity contribution in [2.45, 2.75) is 45.8 Å². The third-order valence-corrected chi connectivity index (χ3v) is 8.10. The molecule has 4 aromatic carbocycles. The third-order valence-electron chi connectivity index (χ3n) is 6.96. The van der Waals surface area contributed by atoms with E-state index in [0.29, 0.717) is 17.2 Å². The average Bonchev–Trinajstić information content (AvgIpc) is 2.99. The molecule has 44 heavy (non-hydrogen) atoms. The minimum Gasteiger partial charge on any atom is -0.457 e. The number of rotatable bonds is 13. The standard InChI is InChI=1S/C35H39N3O5S/c1-26(2)36-35(40)33(23-28-11-7-5-8-12-28)37(24-29-17-15-27(3)16-18-29)34(39)25-38(44(4,41)42)30-19-21-32(22-20-30)43-31-13-9-6-10-14-31/h5-22,26,33H,23-25H2,1-4H3,(H,36,40)/t33-/m0/s1. The molecule has 1 N–H and O–H groups in total. The maximum Gasteiger partial charge on any atom is 0.244 e. The molecule has 4 rings (SSSR count). The highest BCUT2D eigenvalue weighted by atomic mass is 32.2. The summed E-state index contributed by atoms with van der Waals surface area (Å²) in [6, 6.07) is 31.9. The molecule has 0 saturated heterocycles. The van der Waals surface area contributed by atoms with Crippen LogP contribution in [0.4, 0.5) is 5.69 Å². The lowest BCUT2D eigenvalue weighted by Crippen LogP contribution is -2.54. The molecule has 0 saturated carbocycles. The van der Waals surface area contributed by atoms with Gasteiger partial charge in [-0.3, -0.25) is 13.9 Å². The molecule has 8 nitrogen and oxygen atoms in total. The van der Waals surface area contributed by atoms with Crippen molar-refractivity contribution in [3.05, 3.63) is 126 Å².